The van der Waals surface area contributed by atoms with Gasteiger partial charge in [0.05, 0.1) is 5.60 Å². The molecule has 0 saturated carbocycles. The van der Waals surface area contributed by atoms with Crippen LogP contribution in [0.1, 0.15) is 40.0 Å². The lowest BCUT2D eigenvalue weighted by molar-refractivity contribution is 0.103. The first-order valence-corrected chi connectivity index (χ1v) is 5.71. The van der Waals surface area contributed by atoms with Crippen molar-refractivity contribution in [3.63, 3.8) is 0 Å². The zero-order valence-corrected chi connectivity index (χ0v) is 10.8. The van der Waals surface area contributed by atoms with E-state index in [9.17, 15) is 5.11 Å². The molecular formula is C15H24O. The third-order valence-corrected chi connectivity index (χ3v) is 2.43. The number of rotatable bonds is 7. The fraction of sp³-hybridized carbons (Fsp3) is 0.467. The second-order valence-corrected chi connectivity index (χ2v) is 4.60. The topological polar surface area (TPSA) is 20.2 Å². The molecule has 0 fully saturated rings. The molecule has 1 N–H and O–H groups in total. The van der Waals surface area contributed by atoms with Gasteiger partial charge in [-0.15, -0.1) is 6.58 Å². The van der Waals surface area contributed by atoms with Crippen LogP contribution in [0, 0.1) is 0 Å². The fourth-order valence-electron chi connectivity index (χ4n) is 1.24. The van der Waals surface area contributed by atoms with Gasteiger partial charge in [0.1, 0.15) is 0 Å². The van der Waals surface area contributed by atoms with Gasteiger partial charge in [-0.2, -0.15) is 0 Å². The molecular weight excluding hydrogens is 196 g/mol. The summed E-state index contributed by atoms with van der Waals surface area (Å²) in [4.78, 5) is 0. The van der Waals surface area contributed by atoms with E-state index >= 15 is 0 Å². The van der Waals surface area contributed by atoms with Gasteiger partial charge in [-0.25, -0.2) is 0 Å². The van der Waals surface area contributed by atoms with E-state index in [1.54, 1.807) is 13.0 Å². The molecule has 0 saturated heterocycles. The molecule has 1 nitrogen and oxygen atoms in total. The van der Waals surface area contributed by atoms with Gasteiger partial charge in [-0.1, -0.05) is 42.0 Å². The van der Waals surface area contributed by atoms with Crippen molar-refractivity contribution < 1.29 is 5.11 Å². The molecule has 0 spiro atoms. The Bertz CT molecular complexity index is 293. The second kappa shape index (κ2) is 7.24. The van der Waals surface area contributed by atoms with Gasteiger partial charge >= 0.3 is 0 Å². The first-order valence-electron chi connectivity index (χ1n) is 5.71. The first kappa shape index (κ1) is 14.9. The third kappa shape index (κ3) is 8.25. The smallest absolute Gasteiger partial charge is 0.0800 e. The predicted molar refractivity (Wildman–Crippen MR) is 72.4 cm³/mol. The van der Waals surface area contributed by atoms with Crippen molar-refractivity contribution in [2.45, 2.75) is 45.6 Å². The molecule has 0 aliphatic heterocycles. The molecule has 0 aliphatic carbocycles. The largest absolute Gasteiger partial charge is 0.386 e. The molecule has 0 amide bonds. The summed E-state index contributed by atoms with van der Waals surface area (Å²) in [6.45, 7) is 13.3. The van der Waals surface area contributed by atoms with Crippen LogP contribution >= 0.6 is 0 Å². The van der Waals surface area contributed by atoms with Gasteiger partial charge in [0.2, 0.25) is 0 Å². The molecule has 16 heavy (non-hydrogen) atoms. The van der Waals surface area contributed by atoms with Crippen molar-refractivity contribution in [1.29, 1.82) is 0 Å². The lowest BCUT2D eigenvalue weighted by Crippen LogP contribution is -2.19. The Balaban J connectivity index is 3.97. The summed E-state index contributed by atoms with van der Waals surface area (Å²) in [5, 5.41) is 9.71. The predicted octanol–water partition coefficient (Wildman–Crippen LogP) is 4.17. The highest BCUT2D eigenvalue weighted by Crippen LogP contribution is 2.14. The minimum Gasteiger partial charge on any atom is -0.386 e. The Hall–Kier alpha value is -1.08. The molecule has 0 aliphatic rings. The average Bonchev–Trinajstić information content (AvgIpc) is 2.17. The lowest BCUT2D eigenvalue weighted by atomic mass is 9.99. The molecule has 0 bridgehead atoms. The van der Waals surface area contributed by atoms with E-state index in [1.807, 2.05) is 13.0 Å². The third-order valence-electron chi connectivity index (χ3n) is 2.43. The highest BCUT2D eigenvalue weighted by atomic mass is 16.3. The maximum atomic E-state index is 9.71. The second-order valence-electron chi connectivity index (χ2n) is 4.60. The number of allylic oxidation sites excluding steroid dienone is 5. The van der Waals surface area contributed by atoms with Gasteiger partial charge in [0.25, 0.3) is 0 Å². The van der Waals surface area contributed by atoms with E-state index in [1.165, 1.54) is 5.57 Å². The summed E-state index contributed by atoms with van der Waals surface area (Å²) in [7, 11) is 0. The van der Waals surface area contributed by atoms with Gasteiger partial charge < -0.3 is 5.11 Å². The number of hydrogen-bond donors (Lipinski definition) is 1. The monoisotopic (exact) mass is 220 g/mol. The summed E-state index contributed by atoms with van der Waals surface area (Å²) in [6, 6.07) is 0. The van der Waals surface area contributed by atoms with Crippen LogP contribution in [0.3, 0.4) is 0 Å². The quantitative estimate of drug-likeness (QED) is 0.504. The minimum atomic E-state index is -0.746. The summed E-state index contributed by atoms with van der Waals surface area (Å²) in [6.07, 6.45) is 10.4. The zero-order chi connectivity index (χ0) is 12.6. The first-order chi connectivity index (χ1) is 7.37. The molecule has 0 heterocycles. The van der Waals surface area contributed by atoms with E-state index < -0.39 is 5.60 Å². The highest BCUT2D eigenvalue weighted by Gasteiger charge is 2.12. The Morgan fingerprint density at radius 1 is 1.38 bits per heavy atom. The van der Waals surface area contributed by atoms with Crippen molar-refractivity contribution >= 4 is 0 Å². The van der Waals surface area contributed by atoms with Gasteiger partial charge in [-0.3, -0.25) is 0 Å². The SMILES string of the molecule is C=C[C@@](C)(O)CC/C=C(\C)C/C=C/C(=C)C. The number of hydrogen-bond acceptors (Lipinski definition) is 1. The molecule has 90 valence electrons. The van der Waals surface area contributed by atoms with Crippen molar-refractivity contribution in [2.75, 3.05) is 0 Å². The number of aliphatic hydroxyl groups is 1. The van der Waals surface area contributed by atoms with Crippen LogP contribution in [0.15, 0.2) is 48.6 Å². The Labute approximate surface area is 99.9 Å². The molecule has 0 aromatic heterocycles. The van der Waals surface area contributed by atoms with Crippen molar-refractivity contribution in [3.8, 4) is 0 Å². The Morgan fingerprint density at radius 3 is 2.50 bits per heavy atom. The summed E-state index contributed by atoms with van der Waals surface area (Å²) in [5.41, 5.74) is 1.64. The standard InChI is InChI=1S/C15H24O/c1-6-15(5,16)12-8-11-14(4)10-7-9-13(2)3/h6-7,9,11,16H,1-2,8,10,12H2,3-5H3/b9-7+,14-11+/t15-/m1/s1. The van der Waals surface area contributed by atoms with Crippen molar-refractivity contribution in [2.24, 2.45) is 0 Å². The van der Waals surface area contributed by atoms with Crippen LogP contribution in [0.4, 0.5) is 0 Å². The van der Waals surface area contributed by atoms with Crippen LogP contribution in [0.25, 0.3) is 0 Å². The van der Waals surface area contributed by atoms with Crippen LogP contribution < -0.4 is 0 Å². The molecule has 1 heteroatoms. The fourth-order valence-corrected chi connectivity index (χ4v) is 1.24. The normalized spacial score (nSPS) is 16.1. The molecule has 0 radical (unpaired) electrons. The highest BCUT2D eigenvalue weighted by molar-refractivity contribution is 5.14. The average molecular weight is 220 g/mol. The Morgan fingerprint density at radius 2 is 2.00 bits per heavy atom. The molecule has 0 aromatic rings. The molecule has 0 aromatic carbocycles. The van der Waals surface area contributed by atoms with Crippen molar-refractivity contribution in [3.05, 3.63) is 48.6 Å². The maximum Gasteiger partial charge on any atom is 0.0800 e. The van der Waals surface area contributed by atoms with E-state index in [4.69, 9.17) is 0 Å². The van der Waals surface area contributed by atoms with Crippen LogP contribution in [0.2, 0.25) is 0 Å². The van der Waals surface area contributed by atoms with Gasteiger partial charge in [0, 0.05) is 0 Å². The minimum absolute atomic E-state index is 0.720. The summed E-state index contributed by atoms with van der Waals surface area (Å²) in [5.74, 6) is 0. The Kier molecular flexibility index (Phi) is 6.75. The maximum absolute atomic E-state index is 9.71. The van der Waals surface area contributed by atoms with Gasteiger partial charge in [-0.05, 0) is 40.0 Å². The molecule has 0 rings (SSSR count). The molecule has 0 unspecified atom stereocenters. The summed E-state index contributed by atoms with van der Waals surface area (Å²) >= 11 is 0. The van der Waals surface area contributed by atoms with E-state index in [0.717, 1.165) is 24.8 Å². The van der Waals surface area contributed by atoms with E-state index in [2.05, 4.69) is 32.2 Å². The van der Waals surface area contributed by atoms with Crippen LogP contribution in [0.5, 0.6) is 0 Å². The van der Waals surface area contributed by atoms with E-state index in [0.29, 0.717) is 0 Å². The zero-order valence-electron chi connectivity index (χ0n) is 10.8. The molecule has 1 atom stereocenters. The van der Waals surface area contributed by atoms with E-state index in [-0.39, 0.29) is 0 Å². The van der Waals surface area contributed by atoms with Crippen molar-refractivity contribution in [1.82, 2.24) is 0 Å². The lowest BCUT2D eigenvalue weighted by Gasteiger charge is -2.16. The van der Waals surface area contributed by atoms with Crippen LogP contribution in [-0.2, 0) is 0 Å². The van der Waals surface area contributed by atoms with Gasteiger partial charge in [0.15, 0.2) is 0 Å². The van der Waals surface area contributed by atoms with Crippen LogP contribution in [-0.4, -0.2) is 10.7 Å². The summed E-state index contributed by atoms with van der Waals surface area (Å²) < 4.78 is 0.